The molecule has 4 nitrogen and oxygen atoms in total. The highest BCUT2D eigenvalue weighted by atomic mass is 35.5. The Morgan fingerprint density at radius 3 is 2.65 bits per heavy atom. The fraction of sp³-hybridized carbons (Fsp3) is 0.333. The van der Waals surface area contributed by atoms with Crippen molar-refractivity contribution >= 4 is 17.4 Å². The minimum Gasteiger partial charge on any atom is -0.438 e. The van der Waals surface area contributed by atoms with Crippen LogP contribution in [0.15, 0.2) is 18.2 Å². The highest BCUT2D eigenvalue weighted by Crippen LogP contribution is 2.40. The lowest BCUT2D eigenvalue weighted by molar-refractivity contribution is 0.451. The number of anilines is 1. The van der Waals surface area contributed by atoms with Gasteiger partial charge in [0.15, 0.2) is 0 Å². The smallest absolute Gasteiger partial charge is 0.227 e. The zero-order valence-corrected chi connectivity index (χ0v) is 12.2. The number of benzene rings is 1. The topological polar surface area (TPSA) is 61.0 Å². The average Bonchev–Trinajstić information content (AvgIpc) is 3.22. The van der Waals surface area contributed by atoms with Crippen molar-refractivity contribution in [2.45, 2.75) is 32.6 Å². The van der Waals surface area contributed by atoms with E-state index in [1.807, 2.05) is 26.0 Å². The molecule has 1 saturated carbocycles. The molecule has 1 aliphatic carbocycles. The molecule has 104 valence electrons. The van der Waals surface area contributed by atoms with Gasteiger partial charge in [-0.15, -0.1) is 0 Å². The van der Waals surface area contributed by atoms with Gasteiger partial charge in [0.05, 0.1) is 5.56 Å². The minimum absolute atomic E-state index is 0.437. The van der Waals surface area contributed by atoms with Crippen molar-refractivity contribution in [3.8, 4) is 11.6 Å². The Hall–Kier alpha value is -1.81. The van der Waals surface area contributed by atoms with Crippen LogP contribution in [-0.2, 0) is 0 Å². The number of hydrogen-bond acceptors (Lipinski definition) is 4. The molecular formula is C15H16ClN3O. The van der Waals surface area contributed by atoms with Gasteiger partial charge in [-0.3, -0.25) is 0 Å². The van der Waals surface area contributed by atoms with Crippen molar-refractivity contribution in [1.82, 2.24) is 9.97 Å². The Labute approximate surface area is 123 Å². The third-order valence-corrected chi connectivity index (χ3v) is 3.68. The van der Waals surface area contributed by atoms with Gasteiger partial charge in [0.25, 0.3) is 0 Å². The number of rotatable bonds is 3. The van der Waals surface area contributed by atoms with Gasteiger partial charge in [0.2, 0.25) is 5.88 Å². The van der Waals surface area contributed by atoms with E-state index >= 15 is 0 Å². The minimum atomic E-state index is 0.437. The molecule has 0 bridgehead atoms. The van der Waals surface area contributed by atoms with Gasteiger partial charge in [-0.25, -0.2) is 4.98 Å². The average molecular weight is 290 g/mol. The van der Waals surface area contributed by atoms with Crippen LogP contribution in [0.1, 0.15) is 35.7 Å². The van der Waals surface area contributed by atoms with E-state index in [1.54, 1.807) is 6.07 Å². The molecule has 0 aliphatic heterocycles. The molecular weight excluding hydrogens is 274 g/mol. The first-order valence-corrected chi connectivity index (χ1v) is 7.00. The quantitative estimate of drug-likeness (QED) is 0.928. The van der Waals surface area contributed by atoms with Crippen LogP contribution in [-0.4, -0.2) is 9.97 Å². The highest BCUT2D eigenvalue weighted by Gasteiger charge is 2.28. The summed E-state index contributed by atoms with van der Waals surface area (Å²) in [5.74, 6) is 2.98. The summed E-state index contributed by atoms with van der Waals surface area (Å²) in [7, 11) is 0. The van der Waals surface area contributed by atoms with Gasteiger partial charge >= 0.3 is 0 Å². The molecule has 0 amide bonds. The van der Waals surface area contributed by atoms with Crippen molar-refractivity contribution < 1.29 is 4.74 Å². The maximum Gasteiger partial charge on any atom is 0.227 e. The Morgan fingerprint density at radius 2 is 2.00 bits per heavy atom. The molecule has 0 unspecified atom stereocenters. The number of nitrogen functional groups attached to an aromatic ring is 1. The number of hydrogen-bond donors (Lipinski definition) is 1. The molecule has 1 heterocycles. The molecule has 1 aliphatic rings. The molecule has 0 radical (unpaired) electrons. The first kappa shape index (κ1) is 13.2. The predicted molar refractivity (Wildman–Crippen MR) is 79.4 cm³/mol. The molecule has 2 N–H and O–H groups in total. The van der Waals surface area contributed by atoms with E-state index in [1.165, 1.54) is 0 Å². The van der Waals surface area contributed by atoms with Gasteiger partial charge in [0, 0.05) is 10.9 Å². The summed E-state index contributed by atoms with van der Waals surface area (Å²) < 4.78 is 5.90. The first-order valence-electron chi connectivity index (χ1n) is 6.62. The number of nitrogens with zero attached hydrogens (tertiary/aromatic N) is 2. The number of ether oxygens (including phenoxy) is 1. The van der Waals surface area contributed by atoms with Crippen LogP contribution >= 0.6 is 11.6 Å². The molecule has 20 heavy (non-hydrogen) atoms. The molecule has 0 spiro atoms. The maximum atomic E-state index is 5.95. The van der Waals surface area contributed by atoms with Gasteiger partial charge < -0.3 is 10.5 Å². The Balaban J connectivity index is 1.97. The maximum absolute atomic E-state index is 5.95. The lowest BCUT2D eigenvalue weighted by atomic mass is 10.2. The number of aromatic nitrogens is 2. The third-order valence-electron chi connectivity index (χ3n) is 3.44. The summed E-state index contributed by atoms with van der Waals surface area (Å²) in [5.41, 5.74) is 7.68. The first-order chi connectivity index (χ1) is 9.54. The summed E-state index contributed by atoms with van der Waals surface area (Å²) >= 11 is 5.95. The molecule has 1 aromatic carbocycles. The number of aryl methyl sites for hydroxylation is 1. The second-order valence-corrected chi connectivity index (χ2v) is 5.62. The fourth-order valence-corrected chi connectivity index (χ4v) is 2.21. The summed E-state index contributed by atoms with van der Waals surface area (Å²) in [6, 6.07) is 5.50. The monoisotopic (exact) mass is 289 g/mol. The summed E-state index contributed by atoms with van der Waals surface area (Å²) in [6.45, 7) is 3.81. The van der Waals surface area contributed by atoms with Crippen LogP contribution in [0.3, 0.4) is 0 Å². The second-order valence-electron chi connectivity index (χ2n) is 5.18. The standard InChI is InChI=1S/C15H16ClN3O/c1-8-7-11(16)5-6-12(8)20-15-9(2)13(17)18-14(19-15)10-3-4-10/h5-7,10H,3-4H2,1-2H3,(H2,17,18,19). The van der Waals surface area contributed by atoms with Crippen LogP contribution in [0, 0.1) is 13.8 Å². The van der Waals surface area contributed by atoms with Crippen LogP contribution in [0.5, 0.6) is 11.6 Å². The van der Waals surface area contributed by atoms with Crippen molar-refractivity contribution in [3.05, 3.63) is 40.2 Å². The van der Waals surface area contributed by atoms with E-state index in [0.29, 0.717) is 22.6 Å². The van der Waals surface area contributed by atoms with E-state index in [0.717, 1.165) is 35.5 Å². The van der Waals surface area contributed by atoms with Crippen LogP contribution < -0.4 is 10.5 Å². The zero-order valence-electron chi connectivity index (χ0n) is 11.5. The lowest BCUT2D eigenvalue weighted by Crippen LogP contribution is -2.04. The van der Waals surface area contributed by atoms with Crippen LogP contribution in [0.25, 0.3) is 0 Å². The van der Waals surface area contributed by atoms with Crippen LogP contribution in [0.4, 0.5) is 5.82 Å². The fourth-order valence-electron chi connectivity index (χ4n) is 1.98. The number of nitrogens with two attached hydrogens (primary N) is 1. The molecule has 0 saturated heterocycles. The highest BCUT2D eigenvalue weighted by molar-refractivity contribution is 6.30. The van der Waals surface area contributed by atoms with Gasteiger partial charge in [0.1, 0.15) is 17.4 Å². The summed E-state index contributed by atoms with van der Waals surface area (Å²) in [6.07, 6.45) is 2.25. The van der Waals surface area contributed by atoms with E-state index in [9.17, 15) is 0 Å². The van der Waals surface area contributed by atoms with Gasteiger partial charge in [-0.1, -0.05) is 11.6 Å². The normalized spacial score (nSPS) is 14.3. The molecule has 1 fully saturated rings. The van der Waals surface area contributed by atoms with E-state index in [4.69, 9.17) is 22.1 Å². The largest absolute Gasteiger partial charge is 0.438 e. The molecule has 1 aromatic heterocycles. The number of halogens is 1. The van der Waals surface area contributed by atoms with E-state index < -0.39 is 0 Å². The van der Waals surface area contributed by atoms with Gasteiger partial charge in [-0.2, -0.15) is 4.98 Å². The predicted octanol–water partition coefficient (Wildman–Crippen LogP) is 4.00. The Bertz CT molecular complexity index is 668. The Kier molecular flexibility index (Phi) is 3.26. The van der Waals surface area contributed by atoms with Crippen molar-refractivity contribution in [3.63, 3.8) is 0 Å². The molecule has 0 atom stereocenters. The second kappa shape index (κ2) is 4.94. The SMILES string of the molecule is Cc1cc(Cl)ccc1Oc1nc(C2CC2)nc(N)c1C. The summed E-state index contributed by atoms with van der Waals surface area (Å²) in [5, 5.41) is 0.687. The van der Waals surface area contributed by atoms with Crippen LogP contribution in [0.2, 0.25) is 5.02 Å². The van der Waals surface area contributed by atoms with Crippen molar-refractivity contribution in [2.75, 3.05) is 5.73 Å². The lowest BCUT2D eigenvalue weighted by Gasteiger charge is -2.12. The van der Waals surface area contributed by atoms with Crippen molar-refractivity contribution in [1.29, 1.82) is 0 Å². The molecule has 5 heteroatoms. The molecule has 3 rings (SSSR count). The zero-order chi connectivity index (χ0) is 14.3. The Morgan fingerprint density at radius 1 is 1.25 bits per heavy atom. The van der Waals surface area contributed by atoms with Crippen molar-refractivity contribution in [2.24, 2.45) is 0 Å². The van der Waals surface area contributed by atoms with E-state index in [2.05, 4.69) is 9.97 Å². The van der Waals surface area contributed by atoms with Gasteiger partial charge in [-0.05, 0) is 50.5 Å². The van der Waals surface area contributed by atoms with E-state index in [-0.39, 0.29) is 0 Å². The molecule has 2 aromatic rings. The third kappa shape index (κ3) is 2.56. The summed E-state index contributed by atoms with van der Waals surface area (Å²) in [4.78, 5) is 8.85.